The Balaban J connectivity index is 1.82. The van der Waals surface area contributed by atoms with Crippen LogP contribution in [-0.4, -0.2) is 165 Å². The molecule has 2 aromatic rings. The highest BCUT2D eigenvalue weighted by Crippen LogP contribution is 2.30. The Labute approximate surface area is 511 Å². The number of Topliss-reactive ketones (excluding diaryl/α,β-unsaturated/α-hetero) is 1. The van der Waals surface area contributed by atoms with Crippen LogP contribution in [0.1, 0.15) is 92.9 Å². The highest BCUT2D eigenvalue weighted by molar-refractivity contribution is 6.31. The summed E-state index contributed by atoms with van der Waals surface area (Å²) >= 11 is 12.2. The summed E-state index contributed by atoms with van der Waals surface area (Å²) in [7, 11) is 2.84. The number of halogens is 2. The number of nitrogens with two attached hydrogens (primary N) is 2. The van der Waals surface area contributed by atoms with Crippen LogP contribution in [0.25, 0.3) is 0 Å². The number of unbranched alkanes of at least 4 members (excludes halogenated alkanes) is 3. The van der Waals surface area contributed by atoms with Crippen molar-refractivity contribution in [2.24, 2.45) is 59.1 Å². The molecule has 0 aliphatic carbocycles. The van der Waals surface area contributed by atoms with Crippen molar-refractivity contribution in [1.82, 2.24) is 21.3 Å². The fraction of sp³-hybridized carbons (Fsp3) is 0.554. The molecule has 0 aliphatic rings. The predicted molar refractivity (Wildman–Crippen MR) is 326 cm³/mol. The number of amides is 4. The van der Waals surface area contributed by atoms with Gasteiger partial charge in [0.15, 0.2) is 38.6 Å². The van der Waals surface area contributed by atoms with E-state index in [0.717, 1.165) is 19.3 Å². The molecule has 0 spiro atoms. The highest BCUT2D eigenvalue weighted by Gasteiger charge is 2.27. The lowest BCUT2D eigenvalue weighted by molar-refractivity contribution is -0.161. The Bertz CT molecular complexity index is 2650. The van der Waals surface area contributed by atoms with Gasteiger partial charge in [0.1, 0.15) is 13.2 Å². The normalized spacial score (nSPS) is 12.9. The van der Waals surface area contributed by atoms with E-state index in [2.05, 4.69) is 73.3 Å². The van der Waals surface area contributed by atoms with Gasteiger partial charge in [-0.25, -0.2) is 24.0 Å². The lowest BCUT2D eigenvalue weighted by atomic mass is 9.80. The zero-order valence-electron chi connectivity index (χ0n) is 50.1. The molecule has 0 fully saturated rings. The van der Waals surface area contributed by atoms with Crippen LogP contribution in [0.5, 0.6) is 0 Å². The zero-order valence-corrected chi connectivity index (χ0v) is 51.6. The Morgan fingerprint density at radius 1 is 0.605 bits per heavy atom. The molecule has 28 nitrogen and oxygen atoms in total. The second-order valence-electron chi connectivity index (χ2n) is 21.1. The number of benzene rings is 2. The van der Waals surface area contributed by atoms with Crippen LogP contribution in [0, 0.1) is 22.7 Å². The highest BCUT2D eigenvalue weighted by atomic mass is 35.5. The summed E-state index contributed by atoms with van der Waals surface area (Å²) in [5.41, 5.74) is 12.8. The fourth-order valence-electron chi connectivity index (χ4n) is 7.91. The first-order valence-electron chi connectivity index (χ1n) is 27.5. The predicted octanol–water partition coefficient (Wildman–Crippen LogP) is 5.51. The average Bonchev–Trinajstić information content (AvgIpc) is 3.66. The Morgan fingerprint density at radius 3 is 1.63 bits per heavy atom. The number of hydrogen-bond donors (Lipinski definition) is 8. The molecule has 2 atom stereocenters. The zero-order chi connectivity index (χ0) is 63.9. The number of guanidine groups is 4. The molecule has 2 aromatic carbocycles. The largest absolute Gasteiger partial charge is 0.487 e. The van der Waals surface area contributed by atoms with E-state index in [9.17, 15) is 38.4 Å². The van der Waals surface area contributed by atoms with Gasteiger partial charge in [-0.15, -0.1) is 0 Å². The van der Waals surface area contributed by atoms with E-state index in [4.69, 9.17) is 58.4 Å². The topological polar surface area (TPSA) is 387 Å². The number of nitrogens with one attached hydrogen (secondary N) is 6. The van der Waals surface area contributed by atoms with Gasteiger partial charge in [0.25, 0.3) is 0 Å². The number of hydrogen-bond acceptors (Lipinski definition) is 18. The number of anilines is 2. The molecule has 2 rings (SSSR count). The van der Waals surface area contributed by atoms with Crippen molar-refractivity contribution in [3.63, 3.8) is 0 Å². The summed E-state index contributed by atoms with van der Waals surface area (Å²) in [5, 5.41) is 17.6. The summed E-state index contributed by atoms with van der Waals surface area (Å²) in [6.45, 7) is 9.31. The molecular weight excluding hydrogens is 1170 g/mol. The second-order valence-corrected chi connectivity index (χ2v) is 22.0. The van der Waals surface area contributed by atoms with Gasteiger partial charge in [0, 0.05) is 67.5 Å². The van der Waals surface area contributed by atoms with Crippen LogP contribution in [0.2, 0.25) is 10.0 Å². The van der Waals surface area contributed by atoms with Crippen LogP contribution in [0.4, 0.5) is 21.0 Å². The molecule has 2 unspecified atom stereocenters. The molecule has 476 valence electrons. The first-order chi connectivity index (χ1) is 40.7. The lowest BCUT2D eigenvalue weighted by Gasteiger charge is -2.28. The number of alkyl carbamates (subject to hydrolysis) is 2. The molecule has 0 saturated carbocycles. The molecule has 0 bridgehead atoms. The number of aliphatic imine (C=N–C) groups is 5. The van der Waals surface area contributed by atoms with Crippen LogP contribution < -0.4 is 43.4 Å². The molecule has 86 heavy (non-hydrogen) atoms. The number of nitrogens with zero attached hydrogens (tertiary/aromatic N) is 5. The molecule has 30 heteroatoms. The number of esters is 3. The van der Waals surface area contributed by atoms with Crippen molar-refractivity contribution in [1.29, 1.82) is 0 Å². The van der Waals surface area contributed by atoms with Crippen LogP contribution in [0.3, 0.4) is 0 Å². The molecule has 0 radical (unpaired) electrons. The molecule has 0 aromatic heterocycles. The van der Waals surface area contributed by atoms with E-state index < -0.39 is 74.3 Å². The molecule has 0 heterocycles. The second kappa shape index (κ2) is 41.0. The van der Waals surface area contributed by atoms with Gasteiger partial charge < -0.3 is 65.9 Å². The smallest absolute Gasteiger partial charge is 0.407 e. The summed E-state index contributed by atoms with van der Waals surface area (Å²) in [5.74, 6) is -4.03. The van der Waals surface area contributed by atoms with Crippen molar-refractivity contribution >= 4 is 113 Å². The minimum Gasteiger partial charge on any atom is -0.487 e. The number of methoxy groups -OCH3 is 1. The van der Waals surface area contributed by atoms with Crippen molar-refractivity contribution in [3.05, 3.63) is 58.6 Å². The number of ketones is 1. The van der Waals surface area contributed by atoms with Gasteiger partial charge in [0.05, 0.1) is 13.7 Å². The van der Waals surface area contributed by atoms with E-state index in [-0.39, 0.29) is 85.5 Å². The van der Waals surface area contributed by atoms with Crippen molar-refractivity contribution in [2.45, 2.75) is 92.9 Å². The lowest BCUT2D eigenvalue weighted by Crippen LogP contribution is -2.39. The standard InChI is InChI=1S/C56H83Cl2N13O15/c1-37(26-56(5,6)35-65-54(79)86-34-47(76)83-31-43(72)30-81-23-24-82-46(75)32-84-48(77)33-85-53(78)61-7)25-44(73)68-51(66-41-17-13-39(57)14-18-41)70-49(59)63-21-11-9-10-12-22-64-50(60)71-52(67-42-19-15-40(58)16-20-42)69-45(74)28-55(3,4)27-38(2)29-62-36-80-8/h13-20,36-38H,9-12,21-35H2,1-8H3,(H,61,78)(H,65,79)(H4,59,63,66,68,70,73)(H4,60,64,67,69,71,74). The summed E-state index contributed by atoms with van der Waals surface area (Å²) < 4.78 is 33.6. The third-order valence-electron chi connectivity index (χ3n) is 11.4. The van der Waals surface area contributed by atoms with Gasteiger partial charge in [0.2, 0.25) is 35.7 Å². The molecule has 10 N–H and O–H groups in total. The molecule has 0 aliphatic heterocycles. The molecule has 0 saturated heterocycles. The first kappa shape index (κ1) is 74.0. The van der Waals surface area contributed by atoms with E-state index in [1.165, 1.54) is 13.4 Å². The van der Waals surface area contributed by atoms with Crippen LogP contribution in [0.15, 0.2) is 73.5 Å². The van der Waals surface area contributed by atoms with E-state index >= 15 is 0 Å². The Morgan fingerprint density at radius 2 is 1.09 bits per heavy atom. The maximum atomic E-state index is 13.4. The monoisotopic (exact) mass is 1250 g/mol. The quantitative estimate of drug-likeness (QED) is 0.0139. The number of ether oxygens (including phenoxy) is 7. The van der Waals surface area contributed by atoms with Gasteiger partial charge in [-0.3, -0.25) is 40.0 Å². The molecular formula is C56H83Cl2N13O15. The third kappa shape index (κ3) is 37.3. The van der Waals surface area contributed by atoms with Gasteiger partial charge in [-0.05, 0) is 96.9 Å². The molecule has 4 amide bonds. The maximum Gasteiger partial charge on any atom is 0.407 e. The van der Waals surface area contributed by atoms with Gasteiger partial charge in [-0.1, -0.05) is 77.6 Å². The van der Waals surface area contributed by atoms with E-state index in [1.807, 2.05) is 34.6 Å². The van der Waals surface area contributed by atoms with E-state index in [1.54, 1.807) is 55.6 Å². The summed E-state index contributed by atoms with van der Waals surface area (Å²) in [6, 6.07) is 13.6. The van der Waals surface area contributed by atoms with Crippen molar-refractivity contribution < 1.29 is 71.5 Å². The number of carbonyl (C=O) groups is 8. The Hall–Kier alpha value is -8.11. The van der Waals surface area contributed by atoms with E-state index in [0.29, 0.717) is 60.3 Å². The van der Waals surface area contributed by atoms with Crippen molar-refractivity contribution in [3.8, 4) is 0 Å². The SMILES string of the molecule is CNC(=O)OCC(=O)OCC(=O)OCCOCC(=O)COC(=O)COC(=O)NCC(C)(C)CC(C)CC(=O)N/C(=N\C(N)=NCCCCCCN=C(N)/N=C(\NC(=O)CC(C)(C)CC(C)CN=COC)Nc1ccc(Cl)cc1)Nc1ccc(Cl)cc1. The average molecular weight is 1250 g/mol. The van der Waals surface area contributed by atoms with Gasteiger partial charge >= 0.3 is 30.1 Å². The van der Waals surface area contributed by atoms with Crippen LogP contribution >= 0.6 is 23.2 Å². The summed E-state index contributed by atoms with van der Waals surface area (Å²) in [4.78, 5) is 119. The van der Waals surface area contributed by atoms with Crippen LogP contribution in [-0.2, 0) is 61.9 Å². The Kier molecular flexibility index (Phi) is 35.3. The fourth-order valence-corrected chi connectivity index (χ4v) is 8.16. The number of carbonyl (C=O) groups excluding carboxylic acids is 8. The third-order valence-corrected chi connectivity index (χ3v) is 11.9. The number of rotatable bonds is 35. The minimum absolute atomic E-state index is 0.0150. The maximum absolute atomic E-state index is 13.4. The van der Waals surface area contributed by atoms with Gasteiger partial charge in [-0.2, -0.15) is 9.98 Å². The minimum atomic E-state index is -0.995. The first-order valence-corrected chi connectivity index (χ1v) is 28.3. The summed E-state index contributed by atoms with van der Waals surface area (Å²) in [6.07, 6.45) is 4.14. The van der Waals surface area contributed by atoms with Crippen molar-refractivity contribution in [2.75, 3.05) is 97.2 Å².